The van der Waals surface area contributed by atoms with E-state index in [1.54, 1.807) is 0 Å². The second-order valence-corrected chi connectivity index (χ2v) is 17.9. The zero-order valence-electron chi connectivity index (χ0n) is 36.0. The number of aromatic nitrogens is 1. The van der Waals surface area contributed by atoms with Crippen LogP contribution in [0.3, 0.4) is 0 Å². The molecule has 14 rings (SSSR count). The van der Waals surface area contributed by atoms with Gasteiger partial charge in [-0.05, 0) is 123 Å². The number of aryl methyl sites for hydroxylation is 1. The summed E-state index contributed by atoms with van der Waals surface area (Å²) in [4.78, 5) is 0. The minimum absolute atomic E-state index is 0.400. The molecule has 0 aliphatic heterocycles. The third kappa shape index (κ3) is 5.70. The van der Waals surface area contributed by atoms with Crippen molar-refractivity contribution < 1.29 is 8.83 Å². The molecular formula is C63H41NO2. The average molecular weight is 844 g/mol. The smallest absolute Gasteiger partial charge is 0.147 e. The second kappa shape index (κ2) is 14.6. The van der Waals surface area contributed by atoms with Crippen molar-refractivity contribution in [2.24, 2.45) is 0 Å². The molecule has 3 heterocycles. The number of benzene rings is 10. The molecule has 0 saturated carbocycles. The summed E-state index contributed by atoms with van der Waals surface area (Å²) in [5, 5.41) is 6.83. The van der Waals surface area contributed by atoms with Crippen LogP contribution in [0.2, 0.25) is 0 Å². The van der Waals surface area contributed by atoms with Gasteiger partial charge in [0.2, 0.25) is 0 Å². The molecule has 3 heteroatoms. The topological polar surface area (TPSA) is 31.2 Å². The molecule has 3 aromatic heterocycles. The van der Waals surface area contributed by atoms with E-state index in [0.717, 1.165) is 84.7 Å². The molecule has 310 valence electrons. The molecule has 0 atom stereocenters. The predicted octanol–water partition coefficient (Wildman–Crippen LogP) is 17.3. The van der Waals surface area contributed by atoms with Crippen LogP contribution in [0, 0.1) is 0 Å². The zero-order valence-corrected chi connectivity index (χ0v) is 36.0. The van der Waals surface area contributed by atoms with Gasteiger partial charge in [-0.1, -0.05) is 164 Å². The average Bonchev–Trinajstić information content (AvgIpc) is 4.13. The van der Waals surface area contributed by atoms with Gasteiger partial charge in [-0.3, -0.25) is 0 Å². The van der Waals surface area contributed by atoms with Gasteiger partial charge in [0.25, 0.3) is 0 Å². The van der Waals surface area contributed by atoms with Crippen molar-refractivity contribution in [1.82, 2.24) is 4.57 Å². The van der Waals surface area contributed by atoms with Crippen molar-refractivity contribution in [1.29, 1.82) is 0 Å². The molecule has 0 N–H and O–H groups in total. The first-order chi connectivity index (χ1) is 32.7. The zero-order chi connectivity index (χ0) is 43.3. The molecule has 0 bridgehead atoms. The Morgan fingerprint density at radius 1 is 0.364 bits per heavy atom. The second-order valence-electron chi connectivity index (χ2n) is 17.9. The summed E-state index contributed by atoms with van der Waals surface area (Å²) in [6, 6.07) is 79.3. The van der Waals surface area contributed by atoms with Crippen molar-refractivity contribution in [3.63, 3.8) is 0 Å². The number of rotatable bonds is 7. The lowest BCUT2D eigenvalue weighted by Crippen LogP contribution is -1.99. The molecule has 66 heavy (non-hydrogen) atoms. The van der Waals surface area contributed by atoms with Crippen LogP contribution in [-0.2, 0) is 6.42 Å². The first-order valence-corrected chi connectivity index (χ1v) is 23.0. The molecular weight excluding hydrogens is 803 g/mol. The molecule has 3 nitrogen and oxygen atoms in total. The summed E-state index contributed by atoms with van der Waals surface area (Å²) < 4.78 is 16.1. The first kappa shape index (κ1) is 37.0. The van der Waals surface area contributed by atoms with Crippen LogP contribution >= 0.6 is 0 Å². The third-order valence-electron chi connectivity index (χ3n) is 14.2. The Morgan fingerprint density at radius 3 is 1.52 bits per heavy atom. The maximum Gasteiger partial charge on any atom is 0.147 e. The molecule has 0 unspecified atom stereocenters. The van der Waals surface area contributed by atoms with Crippen molar-refractivity contribution >= 4 is 65.7 Å². The highest BCUT2D eigenvalue weighted by Gasteiger charge is 2.28. The van der Waals surface area contributed by atoms with Crippen LogP contribution in [0.4, 0.5) is 0 Å². The first-order valence-electron chi connectivity index (χ1n) is 23.0. The van der Waals surface area contributed by atoms with E-state index in [1.165, 1.54) is 60.8 Å². The van der Waals surface area contributed by atoms with E-state index in [-0.39, 0.29) is 0 Å². The number of hydrogen-bond acceptors (Lipinski definition) is 2. The summed E-state index contributed by atoms with van der Waals surface area (Å²) in [5.74, 6) is 0.400. The SMILES string of the molecule is c1ccc(-c2c3oc4ccc(-c5cccc(CCC6c7ccccc7-c7ccccc76)c5)cc4c3cc3c2oc2ccc(-c4cccc(-n5c6ccccc6c6ccccc65)c4)cc23)cc1. The van der Waals surface area contributed by atoms with E-state index >= 15 is 0 Å². The number of hydrogen-bond donors (Lipinski definition) is 0. The number of furan rings is 2. The molecule has 0 radical (unpaired) electrons. The van der Waals surface area contributed by atoms with Crippen LogP contribution in [0.5, 0.6) is 0 Å². The minimum Gasteiger partial charge on any atom is -0.455 e. The van der Waals surface area contributed by atoms with Crippen LogP contribution in [-0.4, -0.2) is 4.57 Å². The number of para-hydroxylation sites is 2. The van der Waals surface area contributed by atoms with Gasteiger partial charge in [0.05, 0.1) is 16.6 Å². The van der Waals surface area contributed by atoms with Crippen molar-refractivity contribution in [2.75, 3.05) is 0 Å². The molecule has 13 aromatic rings. The van der Waals surface area contributed by atoms with Crippen molar-refractivity contribution in [3.8, 4) is 50.2 Å². The van der Waals surface area contributed by atoms with E-state index in [1.807, 2.05) is 0 Å². The van der Waals surface area contributed by atoms with Gasteiger partial charge in [-0.2, -0.15) is 0 Å². The molecule has 0 saturated heterocycles. The monoisotopic (exact) mass is 843 g/mol. The lowest BCUT2D eigenvalue weighted by molar-refractivity contribution is 0.658. The third-order valence-corrected chi connectivity index (χ3v) is 14.2. The summed E-state index contributed by atoms with van der Waals surface area (Å²) in [5.41, 5.74) is 20.6. The quantitative estimate of drug-likeness (QED) is 0.160. The fourth-order valence-electron chi connectivity index (χ4n) is 11.2. The fraction of sp³-hybridized carbons (Fsp3) is 0.0476. The van der Waals surface area contributed by atoms with Crippen molar-refractivity contribution in [2.45, 2.75) is 18.8 Å². The Labute approximate surface area is 381 Å². The molecule has 0 fully saturated rings. The van der Waals surface area contributed by atoms with Gasteiger partial charge in [0.1, 0.15) is 22.3 Å². The Bertz CT molecular complexity index is 3970. The lowest BCUT2D eigenvalue weighted by atomic mass is 9.90. The molecule has 0 spiro atoms. The summed E-state index contributed by atoms with van der Waals surface area (Å²) >= 11 is 0. The van der Waals surface area contributed by atoms with Crippen LogP contribution in [0.15, 0.2) is 227 Å². The van der Waals surface area contributed by atoms with Crippen LogP contribution < -0.4 is 0 Å². The van der Waals surface area contributed by atoms with Gasteiger partial charge in [-0.15, -0.1) is 0 Å². The van der Waals surface area contributed by atoms with E-state index in [0.29, 0.717) is 5.92 Å². The number of nitrogens with zero attached hydrogens (tertiary/aromatic N) is 1. The van der Waals surface area contributed by atoms with Gasteiger partial charge >= 0.3 is 0 Å². The van der Waals surface area contributed by atoms with Gasteiger partial charge in [0, 0.05) is 43.9 Å². The Kier molecular flexibility index (Phi) is 8.17. The predicted molar refractivity (Wildman–Crippen MR) is 274 cm³/mol. The Balaban J connectivity index is 0.874. The molecule has 10 aromatic carbocycles. The summed E-state index contributed by atoms with van der Waals surface area (Å²) in [6.45, 7) is 0. The van der Waals surface area contributed by atoms with E-state index < -0.39 is 0 Å². The Morgan fingerprint density at radius 2 is 0.879 bits per heavy atom. The highest BCUT2D eigenvalue weighted by atomic mass is 16.3. The highest BCUT2D eigenvalue weighted by molar-refractivity contribution is 6.22. The van der Waals surface area contributed by atoms with Gasteiger partial charge < -0.3 is 13.4 Å². The maximum atomic E-state index is 6.85. The molecule has 1 aliphatic carbocycles. The van der Waals surface area contributed by atoms with E-state index in [4.69, 9.17) is 8.83 Å². The van der Waals surface area contributed by atoms with Crippen molar-refractivity contribution in [3.05, 3.63) is 235 Å². The standard InChI is InChI=1S/C63H41NO2/c1-2-15-40(16-3-1)61-62-55(53-36-43(29-32-59(53)65-62)41-17-12-14-39(34-41)28-31-50-48-22-6-4-20-46(48)47-21-5-7-23-49(47)50)38-56-54-37-44(30-33-60(54)66-63(56)61)42-18-13-19-45(35-42)64-57-26-10-8-24-51(57)52-25-9-11-27-58(52)64/h1-27,29-30,32-38,50H,28,31H2. The summed E-state index contributed by atoms with van der Waals surface area (Å²) in [7, 11) is 0. The fourth-order valence-corrected chi connectivity index (χ4v) is 11.2. The minimum atomic E-state index is 0.400. The summed E-state index contributed by atoms with van der Waals surface area (Å²) in [6.07, 6.45) is 2.06. The van der Waals surface area contributed by atoms with Crippen LogP contribution in [0.1, 0.15) is 29.0 Å². The highest BCUT2D eigenvalue weighted by Crippen LogP contribution is 2.48. The molecule has 0 amide bonds. The number of fused-ring (bicyclic) bond motifs is 12. The Hall–Kier alpha value is -8.40. The molecule has 1 aliphatic rings. The maximum absolute atomic E-state index is 6.85. The van der Waals surface area contributed by atoms with Gasteiger partial charge in [-0.25, -0.2) is 0 Å². The van der Waals surface area contributed by atoms with Gasteiger partial charge in [0.15, 0.2) is 0 Å². The van der Waals surface area contributed by atoms with E-state index in [9.17, 15) is 0 Å². The normalized spacial score (nSPS) is 12.6. The largest absolute Gasteiger partial charge is 0.455 e. The van der Waals surface area contributed by atoms with E-state index in [2.05, 4.69) is 223 Å². The lowest BCUT2D eigenvalue weighted by Gasteiger charge is -2.14. The van der Waals surface area contributed by atoms with Crippen LogP contribution in [0.25, 0.3) is 116 Å².